The van der Waals surface area contributed by atoms with E-state index in [9.17, 15) is 0 Å². The summed E-state index contributed by atoms with van der Waals surface area (Å²) >= 11 is 2.09. The summed E-state index contributed by atoms with van der Waals surface area (Å²) in [5, 5.41) is 4.33. The summed E-state index contributed by atoms with van der Waals surface area (Å²) < 4.78 is 0. The molecule has 1 aromatic rings. The summed E-state index contributed by atoms with van der Waals surface area (Å²) in [5.41, 5.74) is 2.00. The average Bonchev–Trinajstić information content (AvgIpc) is 2.78. The zero-order chi connectivity index (χ0) is 13.7. The molecule has 0 amide bonds. The van der Waals surface area contributed by atoms with Gasteiger partial charge in [0.1, 0.15) is 0 Å². The number of hydrogen-bond donors (Lipinski definition) is 1. The Labute approximate surface area is 122 Å². The highest BCUT2D eigenvalue weighted by Crippen LogP contribution is 2.43. The number of thioether (sulfide) groups is 1. The van der Waals surface area contributed by atoms with Gasteiger partial charge < -0.3 is 5.32 Å². The molecular formula is C17H27NS. The first-order valence-electron chi connectivity index (χ1n) is 7.62. The molecule has 0 aromatic heterocycles. The van der Waals surface area contributed by atoms with Crippen LogP contribution in [0.2, 0.25) is 0 Å². The van der Waals surface area contributed by atoms with Gasteiger partial charge in [0.05, 0.1) is 0 Å². The Morgan fingerprint density at radius 2 is 2.11 bits per heavy atom. The molecule has 1 nitrogen and oxygen atoms in total. The lowest BCUT2D eigenvalue weighted by atomic mass is 9.80. The van der Waals surface area contributed by atoms with Crippen LogP contribution >= 0.6 is 11.8 Å². The Morgan fingerprint density at radius 1 is 1.32 bits per heavy atom. The summed E-state index contributed by atoms with van der Waals surface area (Å²) in [5.74, 6) is 0. The third kappa shape index (κ3) is 4.00. The lowest BCUT2D eigenvalue weighted by Crippen LogP contribution is -2.34. The minimum atomic E-state index is 0.449. The van der Waals surface area contributed by atoms with Crippen molar-refractivity contribution in [2.24, 2.45) is 5.41 Å². The Morgan fingerprint density at radius 3 is 2.79 bits per heavy atom. The fraction of sp³-hybridized carbons (Fsp3) is 0.647. The first-order chi connectivity index (χ1) is 9.17. The number of hydrogen-bond acceptors (Lipinski definition) is 2. The SMILES string of the molecule is CCCC(C)(CNCC)CC1Cc2ccccc2S1. The molecule has 1 aliphatic heterocycles. The molecule has 0 fully saturated rings. The zero-order valence-electron chi connectivity index (χ0n) is 12.5. The van der Waals surface area contributed by atoms with Crippen LogP contribution in [0, 0.1) is 5.41 Å². The van der Waals surface area contributed by atoms with Gasteiger partial charge in [0.2, 0.25) is 0 Å². The van der Waals surface area contributed by atoms with Crippen LogP contribution in [0.25, 0.3) is 0 Å². The van der Waals surface area contributed by atoms with Crippen LogP contribution in [0.1, 0.15) is 45.6 Å². The molecule has 1 aromatic carbocycles. The van der Waals surface area contributed by atoms with Crippen molar-refractivity contribution in [1.82, 2.24) is 5.32 Å². The van der Waals surface area contributed by atoms with Crippen molar-refractivity contribution < 1.29 is 0 Å². The van der Waals surface area contributed by atoms with Gasteiger partial charge in [0, 0.05) is 16.7 Å². The third-order valence-electron chi connectivity index (χ3n) is 4.09. The average molecular weight is 277 g/mol. The minimum absolute atomic E-state index is 0.449. The molecule has 2 unspecified atom stereocenters. The Balaban J connectivity index is 1.96. The van der Waals surface area contributed by atoms with Crippen LogP contribution in [0.5, 0.6) is 0 Å². The topological polar surface area (TPSA) is 12.0 Å². The van der Waals surface area contributed by atoms with E-state index in [0.717, 1.165) is 18.3 Å². The van der Waals surface area contributed by atoms with E-state index < -0.39 is 0 Å². The van der Waals surface area contributed by atoms with Crippen LogP contribution in [0.3, 0.4) is 0 Å². The Hall–Kier alpha value is -0.470. The van der Waals surface area contributed by atoms with E-state index >= 15 is 0 Å². The summed E-state index contributed by atoms with van der Waals surface area (Å²) in [6, 6.07) is 8.91. The lowest BCUT2D eigenvalue weighted by Gasteiger charge is -2.32. The predicted octanol–water partition coefficient (Wildman–Crippen LogP) is 4.51. The Kier molecular flexibility index (Phi) is 5.35. The highest BCUT2D eigenvalue weighted by Gasteiger charge is 2.31. The van der Waals surface area contributed by atoms with E-state index in [1.54, 1.807) is 5.56 Å². The van der Waals surface area contributed by atoms with E-state index in [1.807, 2.05) is 0 Å². The number of rotatable bonds is 7. The monoisotopic (exact) mass is 277 g/mol. The number of benzene rings is 1. The second kappa shape index (κ2) is 6.81. The molecule has 0 saturated heterocycles. The highest BCUT2D eigenvalue weighted by atomic mass is 32.2. The summed E-state index contributed by atoms with van der Waals surface area (Å²) in [6.07, 6.45) is 5.19. The molecule has 2 heteroatoms. The molecule has 106 valence electrons. The minimum Gasteiger partial charge on any atom is -0.316 e. The third-order valence-corrected chi connectivity index (χ3v) is 5.41. The maximum atomic E-state index is 3.56. The van der Waals surface area contributed by atoms with Crippen LogP contribution in [-0.4, -0.2) is 18.3 Å². The molecule has 0 radical (unpaired) electrons. The highest BCUT2D eigenvalue weighted by molar-refractivity contribution is 8.00. The van der Waals surface area contributed by atoms with E-state index in [2.05, 4.69) is 62.1 Å². The quantitative estimate of drug-likeness (QED) is 0.787. The summed E-state index contributed by atoms with van der Waals surface area (Å²) in [4.78, 5) is 1.51. The van der Waals surface area contributed by atoms with Crippen molar-refractivity contribution in [2.45, 2.75) is 56.6 Å². The maximum absolute atomic E-state index is 3.56. The van der Waals surface area contributed by atoms with Gasteiger partial charge in [-0.2, -0.15) is 0 Å². The van der Waals surface area contributed by atoms with Crippen molar-refractivity contribution in [1.29, 1.82) is 0 Å². The van der Waals surface area contributed by atoms with Crippen molar-refractivity contribution in [3.05, 3.63) is 29.8 Å². The molecule has 1 aliphatic rings. The molecule has 1 heterocycles. The van der Waals surface area contributed by atoms with Crippen molar-refractivity contribution in [3.63, 3.8) is 0 Å². The van der Waals surface area contributed by atoms with Gasteiger partial charge in [0.15, 0.2) is 0 Å². The van der Waals surface area contributed by atoms with Gasteiger partial charge in [0.25, 0.3) is 0 Å². The molecule has 0 aliphatic carbocycles. The van der Waals surface area contributed by atoms with Gasteiger partial charge in [-0.05, 0) is 42.9 Å². The van der Waals surface area contributed by atoms with Crippen molar-refractivity contribution >= 4 is 11.8 Å². The van der Waals surface area contributed by atoms with E-state index in [4.69, 9.17) is 0 Å². The second-order valence-electron chi connectivity index (χ2n) is 6.10. The largest absolute Gasteiger partial charge is 0.316 e. The van der Waals surface area contributed by atoms with Gasteiger partial charge >= 0.3 is 0 Å². The van der Waals surface area contributed by atoms with E-state index in [1.165, 1.54) is 30.6 Å². The second-order valence-corrected chi connectivity index (χ2v) is 7.44. The van der Waals surface area contributed by atoms with Gasteiger partial charge in [-0.25, -0.2) is 0 Å². The van der Waals surface area contributed by atoms with Crippen LogP contribution in [0.4, 0.5) is 0 Å². The maximum Gasteiger partial charge on any atom is 0.0141 e. The first kappa shape index (κ1) is 14.9. The van der Waals surface area contributed by atoms with Crippen LogP contribution in [-0.2, 0) is 6.42 Å². The van der Waals surface area contributed by atoms with Gasteiger partial charge in [-0.3, -0.25) is 0 Å². The Bertz CT molecular complexity index is 379. The standard InChI is InChI=1S/C17H27NS/c1-4-10-17(3,13-18-5-2)12-15-11-14-8-6-7-9-16(14)19-15/h6-9,15,18H,4-5,10-13H2,1-3H3. The fourth-order valence-corrected chi connectivity index (χ4v) is 4.78. The molecule has 1 N–H and O–H groups in total. The van der Waals surface area contributed by atoms with Crippen LogP contribution < -0.4 is 5.32 Å². The van der Waals surface area contributed by atoms with Gasteiger partial charge in [-0.15, -0.1) is 11.8 Å². The van der Waals surface area contributed by atoms with E-state index in [0.29, 0.717) is 5.41 Å². The fourth-order valence-electron chi connectivity index (χ4n) is 3.21. The number of fused-ring (bicyclic) bond motifs is 1. The lowest BCUT2D eigenvalue weighted by molar-refractivity contribution is 0.255. The van der Waals surface area contributed by atoms with Crippen molar-refractivity contribution in [2.75, 3.05) is 13.1 Å². The summed E-state index contributed by atoms with van der Waals surface area (Å²) in [7, 11) is 0. The zero-order valence-corrected chi connectivity index (χ0v) is 13.4. The first-order valence-corrected chi connectivity index (χ1v) is 8.50. The molecular weight excluding hydrogens is 250 g/mol. The number of nitrogens with one attached hydrogen (secondary N) is 1. The normalized spacial score (nSPS) is 21.1. The molecule has 2 atom stereocenters. The van der Waals surface area contributed by atoms with E-state index in [-0.39, 0.29) is 0 Å². The molecule has 0 bridgehead atoms. The predicted molar refractivity (Wildman–Crippen MR) is 86.0 cm³/mol. The molecule has 0 spiro atoms. The molecule has 2 rings (SSSR count). The van der Waals surface area contributed by atoms with Crippen LogP contribution in [0.15, 0.2) is 29.2 Å². The summed E-state index contributed by atoms with van der Waals surface area (Å²) in [6.45, 7) is 9.21. The van der Waals surface area contributed by atoms with Gasteiger partial charge in [-0.1, -0.05) is 45.4 Å². The smallest absolute Gasteiger partial charge is 0.0141 e. The molecule has 19 heavy (non-hydrogen) atoms. The van der Waals surface area contributed by atoms with Crippen molar-refractivity contribution in [3.8, 4) is 0 Å². The molecule has 0 saturated carbocycles.